The molecule has 0 saturated carbocycles. The van der Waals surface area contributed by atoms with Crippen LogP contribution in [0.25, 0.3) is 0 Å². The molecule has 64 heavy (non-hydrogen) atoms. The third-order valence-electron chi connectivity index (χ3n) is 10.5. The Morgan fingerprint density at radius 2 is 0.938 bits per heavy atom. The highest BCUT2D eigenvalue weighted by molar-refractivity contribution is 7.47. The molecule has 3 atom stereocenters. The van der Waals surface area contributed by atoms with Crippen molar-refractivity contribution in [2.45, 2.75) is 193 Å². The monoisotopic (exact) mass is 912 g/mol. The summed E-state index contributed by atoms with van der Waals surface area (Å²) < 4.78 is 23.6. The fourth-order valence-electron chi connectivity index (χ4n) is 6.53. The predicted octanol–water partition coefficient (Wildman–Crippen LogP) is 14.9. The summed E-state index contributed by atoms with van der Waals surface area (Å²) in [7, 11) is 1.52. The van der Waals surface area contributed by atoms with Gasteiger partial charge in [0, 0.05) is 6.42 Å². The van der Waals surface area contributed by atoms with Gasteiger partial charge in [0.15, 0.2) is 0 Å². The SMILES string of the molecule is CC/C=C\C/C=C\C/C=C\C/C=C\C/C=C\C/C=C\C/C=C\C/C=C\CCCCC(=O)NC(COP(=O)(O)OCC[N+](C)(C)C)C(O)/C=C/CCCCCCCCCCCCCCC. The number of hydrogen-bond donors (Lipinski definition) is 3. The second-order valence-corrected chi connectivity index (χ2v) is 19.3. The molecule has 0 heterocycles. The minimum atomic E-state index is -4.36. The Bertz CT molecular complexity index is 1400. The molecule has 366 valence electrons. The zero-order valence-corrected chi connectivity index (χ0v) is 42.4. The number of phosphoric acid groups is 1. The highest BCUT2D eigenvalue weighted by atomic mass is 31.2. The predicted molar refractivity (Wildman–Crippen MR) is 276 cm³/mol. The Hall–Kier alpha value is -2.84. The van der Waals surface area contributed by atoms with Gasteiger partial charge in [0.1, 0.15) is 13.2 Å². The Kier molecular flexibility index (Phi) is 43.3. The highest BCUT2D eigenvalue weighted by Crippen LogP contribution is 2.43. The Morgan fingerprint density at radius 1 is 0.547 bits per heavy atom. The van der Waals surface area contributed by atoms with Gasteiger partial charge >= 0.3 is 7.82 Å². The van der Waals surface area contributed by atoms with E-state index in [0.717, 1.165) is 83.5 Å². The smallest absolute Gasteiger partial charge is 0.387 e. The first-order valence-corrected chi connectivity index (χ1v) is 26.8. The minimum absolute atomic E-state index is 0.0466. The number of carbonyl (C=O) groups is 1. The average molecular weight is 912 g/mol. The molecule has 0 aromatic carbocycles. The van der Waals surface area contributed by atoms with Crippen LogP contribution in [0.5, 0.6) is 0 Å². The van der Waals surface area contributed by atoms with Gasteiger partial charge in [-0.2, -0.15) is 0 Å². The first-order valence-electron chi connectivity index (χ1n) is 25.3. The summed E-state index contributed by atoms with van der Waals surface area (Å²) in [5, 5.41) is 13.8. The Morgan fingerprint density at radius 3 is 1.38 bits per heavy atom. The van der Waals surface area contributed by atoms with Crippen molar-refractivity contribution in [1.29, 1.82) is 0 Å². The quantitative estimate of drug-likeness (QED) is 0.0243. The lowest BCUT2D eigenvalue weighted by molar-refractivity contribution is -0.870. The summed E-state index contributed by atoms with van der Waals surface area (Å²) in [5.41, 5.74) is 0. The van der Waals surface area contributed by atoms with Crippen molar-refractivity contribution in [1.82, 2.24) is 5.32 Å². The Balaban J connectivity index is 4.43. The maximum Gasteiger partial charge on any atom is 0.472 e. The molecule has 3 N–H and O–H groups in total. The minimum Gasteiger partial charge on any atom is -0.387 e. The van der Waals surface area contributed by atoms with E-state index in [0.29, 0.717) is 23.9 Å². The third-order valence-corrected chi connectivity index (χ3v) is 11.5. The molecule has 0 fully saturated rings. The van der Waals surface area contributed by atoms with Crippen molar-refractivity contribution in [3.8, 4) is 0 Å². The van der Waals surface area contributed by atoms with Crippen molar-refractivity contribution >= 4 is 13.7 Å². The maximum atomic E-state index is 12.9. The van der Waals surface area contributed by atoms with Crippen LogP contribution in [0.15, 0.2) is 109 Å². The molecule has 0 rings (SSSR count). The summed E-state index contributed by atoms with van der Waals surface area (Å²) in [5.74, 6) is -0.224. The highest BCUT2D eigenvalue weighted by Gasteiger charge is 2.27. The number of nitrogens with zero attached hydrogens (tertiary/aromatic N) is 1. The van der Waals surface area contributed by atoms with Gasteiger partial charge in [-0.05, 0) is 83.5 Å². The van der Waals surface area contributed by atoms with E-state index in [1.807, 2.05) is 27.2 Å². The number of hydrogen-bond acceptors (Lipinski definition) is 5. The van der Waals surface area contributed by atoms with Gasteiger partial charge in [-0.3, -0.25) is 13.8 Å². The van der Waals surface area contributed by atoms with Crippen LogP contribution in [0, 0.1) is 0 Å². The summed E-state index contributed by atoms with van der Waals surface area (Å²) in [6.45, 7) is 4.64. The number of unbranched alkanes of at least 4 members (excludes halogenated alkanes) is 15. The van der Waals surface area contributed by atoms with Gasteiger partial charge in [0.05, 0.1) is 39.9 Å². The molecule has 1 amide bonds. The first kappa shape index (κ1) is 61.2. The molecule has 9 heteroatoms. The standard InChI is InChI=1S/C55H95N2O6P/c1-6-8-10-12-14-16-18-20-22-23-24-25-26-27-28-29-30-31-32-33-35-37-39-41-43-45-47-49-55(59)56-53(52-63-64(60,61)62-51-50-57(3,4)5)54(58)48-46-44-42-40-38-36-34-21-19-17-15-13-11-9-7-2/h8,10,14,16,20,22,24-25,27-28,30-31,33,35,39,41,46,48,53-54,58H,6-7,9,11-13,15,17-19,21,23,26,29,32,34,36-38,40,42-45,47,49-52H2,1-5H3,(H-,56,59,60,61)/p+1/b10-8-,16-14-,22-20-,25-24-,28-27-,31-30-,35-33-,41-39-,48-46+. The largest absolute Gasteiger partial charge is 0.472 e. The van der Waals surface area contributed by atoms with E-state index in [1.54, 1.807) is 6.08 Å². The van der Waals surface area contributed by atoms with Crippen LogP contribution in [-0.2, 0) is 18.4 Å². The molecule has 8 nitrogen and oxygen atoms in total. The molecular weight excluding hydrogens is 816 g/mol. The fraction of sp³-hybridized carbons (Fsp3) is 0.655. The molecule has 0 spiro atoms. The van der Waals surface area contributed by atoms with Crippen LogP contribution >= 0.6 is 7.82 Å². The summed E-state index contributed by atoms with van der Waals surface area (Å²) in [6.07, 6.45) is 66.0. The number of phosphoric ester groups is 1. The third kappa shape index (κ3) is 47.1. The fourth-order valence-corrected chi connectivity index (χ4v) is 7.26. The molecule has 0 aliphatic heterocycles. The van der Waals surface area contributed by atoms with Gasteiger partial charge in [0.25, 0.3) is 0 Å². The average Bonchev–Trinajstić information content (AvgIpc) is 3.25. The number of allylic oxidation sites excluding steroid dienone is 17. The first-order chi connectivity index (χ1) is 31.0. The van der Waals surface area contributed by atoms with Gasteiger partial charge in [0.2, 0.25) is 5.91 Å². The van der Waals surface area contributed by atoms with E-state index >= 15 is 0 Å². The molecule has 0 aromatic heterocycles. The van der Waals surface area contributed by atoms with E-state index < -0.39 is 20.0 Å². The van der Waals surface area contributed by atoms with Crippen molar-refractivity contribution in [3.05, 3.63) is 109 Å². The maximum absolute atomic E-state index is 12.9. The molecule has 0 radical (unpaired) electrons. The van der Waals surface area contributed by atoms with Crippen molar-refractivity contribution in [3.63, 3.8) is 0 Å². The van der Waals surface area contributed by atoms with Crippen LogP contribution in [0.4, 0.5) is 0 Å². The summed E-state index contributed by atoms with van der Waals surface area (Å²) in [4.78, 5) is 23.2. The van der Waals surface area contributed by atoms with Gasteiger partial charge in [-0.1, -0.05) is 200 Å². The van der Waals surface area contributed by atoms with E-state index in [9.17, 15) is 19.4 Å². The summed E-state index contributed by atoms with van der Waals surface area (Å²) in [6, 6.07) is -0.877. The molecule has 0 aliphatic rings. The summed E-state index contributed by atoms with van der Waals surface area (Å²) >= 11 is 0. The number of rotatable bonds is 44. The molecule has 0 aliphatic carbocycles. The zero-order chi connectivity index (χ0) is 47.1. The second kappa shape index (κ2) is 45.3. The number of amides is 1. The van der Waals surface area contributed by atoms with E-state index in [4.69, 9.17) is 9.05 Å². The second-order valence-electron chi connectivity index (χ2n) is 17.8. The molecule has 0 aromatic rings. The van der Waals surface area contributed by atoms with Crippen molar-refractivity contribution in [2.75, 3.05) is 40.9 Å². The van der Waals surface area contributed by atoms with Crippen LogP contribution in [0.3, 0.4) is 0 Å². The number of quaternary nitrogens is 1. The number of aliphatic hydroxyl groups is 1. The number of carbonyl (C=O) groups excluding carboxylic acids is 1. The molecule has 0 bridgehead atoms. The van der Waals surface area contributed by atoms with E-state index in [2.05, 4.69) is 116 Å². The van der Waals surface area contributed by atoms with Crippen molar-refractivity contribution in [2.24, 2.45) is 0 Å². The van der Waals surface area contributed by atoms with Crippen molar-refractivity contribution < 1.29 is 32.9 Å². The molecule has 3 unspecified atom stereocenters. The number of aliphatic hydroxyl groups excluding tert-OH is 1. The number of nitrogens with one attached hydrogen (secondary N) is 1. The van der Waals surface area contributed by atoms with Crippen LogP contribution in [0.1, 0.15) is 181 Å². The van der Waals surface area contributed by atoms with E-state index in [-0.39, 0.29) is 19.1 Å². The molecule has 0 saturated heterocycles. The van der Waals surface area contributed by atoms with Gasteiger partial charge < -0.3 is 19.8 Å². The normalized spacial score (nSPS) is 15.0. The molecular formula is C55H96N2O6P+. The van der Waals surface area contributed by atoms with Crippen LogP contribution in [0.2, 0.25) is 0 Å². The lowest BCUT2D eigenvalue weighted by Gasteiger charge is -2.25. The van der Waals surface area contributed by atoms with Gasteiger partial charge in [-0.25, -0.2) is 4.57 Å². The van der Waals surface area contributed by atoms with Gasteiger partial charge in [-0.15, -0.1) is 0 Å². The lowest BCUT2D eigenvalue weighted by Crippen LogP contribution is -2.45. The van der Waals surface area contributed by atoms with E-state index in [1.165, 1.54) is 70.6 Å². The number of likely N-dealkylation sites (N-methyl/N-ethyl adjacent to an activating group) is 1. The Labute approximate surface area is 393 Å². The topological polar surface area (TPSA) is 105 Å². The van der Waals surface area contributed by atoms with Crippen LogP contribution < -0.4 is 5.32 Å². The zero-order valence-electron chi connectivity index (χ0n) is 41.5. The lowest BCUT2D eigenvalue weighted by atomic mass is 10.0. The van der Waals surface area contributed by atoms with Crippen LogP contribution in [-0.4, -0.2) is 73.4 Å².